The normalized spacial score (nSPS) is 10.6. The predicted octanol–water partition coefficient (Wildman–Crippen LogP) is 7.42. The minimum Gasteiger partial charge on any atom is -0.496 e. The number of ether oxygens (including phenoxy) is 4. The van der Waals surface area contributed by atoms with Gasteiger partial charge in [-0.3, -0.25) is 19.6 Å². The molecular weight excluding hydrogens is 634 g/mol. The van der Waals surface area contributed by atoms with Crippen molar-refractivity contribution in [2.75, 3.05) is 21.3 Å². The molecule has 3 N–H and O–H groups in total. The fourth-order valence-electron chi connectivity index (χ4n) is 4.93. The second-order valence-corrected chi connectivity index (χ2v) is 10.8. The second-order valence-electron chi connectivity index (χ2n) is 10.8. The van der Waals surface area contributed by atoms with Crippen LogP contribution < -0.4 is 30.0 Å². The number of rotatable bonds is 8. The van der Waals surface area contributed by atoms with Gasteiger partial charge in [-0.1, -0.05) is 12.1 Å². The molecule has 0 radical (unpaired) electrons. The minimum absolute atomic E-state index is 0.0875. The number of hydrogen-bond donors (Lipinski definition) is 2. The van der Waals surface area contributed by atoms with Gasteiger partial charge in [-0.25, -0.2) is 8.78 Å². The van der Waals surface area contributed by atoms with Gasteiger partial charge in [0.25, 0.3) is 11.8 Å². The molecule has 0 aliphatic carbocycles. The molecule has 49 heavy (non-hydrogen) atoms. The fourth-order valence-corrected chi connectivity index (χ4v) is 4.93. The van der Waals surface area contributed by atoms with Crippen LogP contribution in [0.2, 0.25) is 0 Å². The van der Waals surface area contributed by atoms with Gasteiger partial charge in [0, 0.05) is 42.3 Å². The maximum absolute atomic E-state index is 14.1. The first kappa shape index (κ1) is 34.0. The topological polar surface area (TPSA) is 135 Å². The van der Waals surface area contributed by atoms with Crippen LogP contribution in [0.4, 0.5) is 8.78 Å². The summed E-state index contributed by atoms with van der Waals surface area (Å²) >= 11 is 0. The lowest BCUT2D eigenvalue weighted by Gasteiger charge is -2.13. The highest BCUT2D eigenvalue weighted by molar-refractivity contribution is 6.02. The molecule has 2 amide bonds. The smallest absolute Gasteiger partial charge is 0.254 e. The standard InChI is InChI=1S/C19H17FN2O3.C18H15FN2O3/c1-11-4-5-17(14(20)8-11)25-16-6-7-22-15-10-18(24-3)13(9-12(15)16)19(23)21-2;1-10-3-4-16(13(19)7-10)24-15-5-6-21-14-9-17(23-2)12(18(20)22)8-11(14)15/h4-10H,1-3H3,(H,21,23);3-9H,1-2H3,(H2,20,22). The molecule has 0 fully saturated rings. The van der Waals surface area contributed by atoms with Gasteiger partial charge in [0.15, 0.2) is 23.1 Å². The number of carbonyl (C=O) groups is 2. The number of nitrogens with two attached hydrogens (primary N) is 1. The van der Waals surface area contributed by atoms with E-state index >= 15 is 0 Å². The number of halogens is 2. The van der Waals surface area contributed by atoms with Gasteiger partial charge < -0.3 is 30.0 Å². The van der Waals surface area contributed by atoms with Crippen molar-refractivity contribution in [2.45, 2.75) is 13.8 Å². The molecule has 250 valence electrons. The van der Waals surface area contributed by atoms with Crippen LogP contribution in [0, 0.1) is 25.5 Å². The van der Waals surface area contributed by atoms with Crippen molar-refractivity contribution in [3.63, 3.8) is 0 Å². The Morgan fingerprint density at radius 2 is 1.08 bits per heavy atom. The van der Waals surface area contributed by atoms with Gasteiger partial charge in [-0.05, 0) is 73.5 Å². The molecule has 6 aromatic rings. The molecule has 0 unspecified atom stereocenters. The number of aromatic nitrogens is 2. The fraction of sp³-hybridized carbons (Fsp3) is 0.135. The van der Waals surface area contributed by atoms with E-state index in [4.69, 9.17) is 24.7 Å². The van der Waals surface area contributed by atoms with E-state index < -0.39 is 17.5 Å². The number of aryl methyl sites for hydroxylation is 2. The zero-order valence-corrected chi connectivity index (χ0v) is 27.3. The molecule has 0 spiro atoms. The summed E-state index contributed by atoms with van der Waals surface area (Å²) in [5.74, 6) is -0.165. The van der Waals surface area contributed by atoms with Crippen LogP contribution in [0.1, 0.15) is 31.8 Å². The SMILES string of the molecule is CNC(=O)c1cc2c(Oc3ccc(C)cc3F)ccnc2cc1OC.COc1cc2nccc(Oc3ccc(C)cc3F)c2cc1C(N)=O. The molecule has 0 saturated heterocycles. The number of fused-ring (bicyclic) bond motifs is 2. The lowest BCUT2D eigenvalue weighted by Crippen LogP contribution is -2.18. The summed E-state index contributed by atoms with van der Waals surface area (Å²) < 4.78 is 50.0. The van der Waals surface area contributed by atoms with Crippen LogP contribution in [0.15, 0.2) is 85.2 Å². The number of nitrogens with zero attached hydrogens (tertiary/aromatic N) is 2. The first-order valence-corrected chi connectivity index (χ1v) is 14.9. The Labute approximate surface area is 280 Å². The highest BCUT2D eigenvalue weighted by atomic mass is 19.1. The van der Waals surface area contributed by atoms with Gasteiger partial charge in [0.2, 0.25) is 0 Å². The third-order valence-corrected chi connectivity index (χ3v) is 7.40. The Morgan fingerprint density at radius 1 is 0.633 bits per heavy atom. The Morgan fingerprint density at radius 3 is 1.49 bits per heavy atom. The molecule has 6 rings (SSSR count). The summed E-state index contributed by atoms with van der Waals surface area (Å²) in [4.78, 5) is 32.2. The highest BCUT2D eigenvalue weighted by Gasteiger charge is 2.17. The number of methoxy groups -OCH3 is 2. The van der Waals surface area contributed by atoms with Crippen molar-refractivity contribution in [1.29, 1.82) is 0 Å². The molecule has 2 aromatic heterocycles. The number of hydrogen-bond acceptors (Lipinski definition) is 8. The quantitative estimate of drug-likeness (QED) is 0.171. The lowest BCUT2D eigenvalue weighted by atomic mass is 10.1. The van der Waals surface area contributed by atoms with Gasteiger partial charge in [-0.15, -0.1) is 0 Å². The molecule has 0 saturated carbocycles. The van der Waals surface area contributed by atoms with E-state index in [1.165, 1.54) is 45.7 Å². The van der Waals surface area contributed by atoms with E-state index in [1.54, 1.807) is 74.6 Å². The minimum atomic E-state index is -0.634. The van der Waals surface area contributed by atoms with Crippen molar-refractivity contribution >= 4 is 33.6 Å². The molecule has 0 bridgehead atoms. The van der Waals surface area contributed by atoms with Crippen molar-refractivity contribution in [3.05, 3.63) is 119 Å². The molecule has 0 atom stereocenters. The van der Waals surface area contributed by atoms with Gasteiger partial charge in [-0.2, -0.15) is 0 Å². The van der Waals surface area contributed by atoms with E-state index in [1.807, 2.05) is 0 Å². The summed E-state index contributed by atoms with van der Waals surface area (Å²) in [6.45, 7) is 3.59. The maximum Gasteiger partial charge on any atom is 0.254 e. The Hall–Kier alpha value is -6.30. The summed E-state index contributed by atoms with van der Waals surface area (Å²) in [5.41, 5.74) is 8.65. The van der Waals surface area contributed by atoms with E-state index in [9.17, 15) is 18.4 Å². The summed E-state index contributed by atoms with van der Waals surface area (Å²) in [5, 5.41) is 3.68. The van der Waals surface area contributed by atoms with Crippen LogP contribution in [0.3, 0.4) is 0 Å². The molecule has 12 heteroatoms. The van der Waals surface area contributed by atoms with Gasteiger partial charge >= 0.3 is 0 Å². The monoisotopic (exact) mass is 666 g/mol. The Kier molecular flexibility index (Phi) is 10.2. The Bertz CT molecular complexity index is 2210. The number of pyridine rings is 2. The van der Waals surface area contributed by atoms with Gasteiger partial charge in [0.05, 0.1) is 36.4 Å². The van der Waals surface area contributed by atoms with Crippen molar-refractivity contribution in [1.82, 2.24) is 15.3 Å². The average Bonchev–Trinajstić information content (AvgIpc) is 3.09. The summed E-state index contributed by atoms with van der Waals surface area (Å²) in [7, 11) is 4.46. The lowest BCUT2D eigenvalue weighted by molar-refractivity contribution is 0.0958. The number of carbonyl (C=O) groups excluding carboxylic acids is 2. The molecule has 2 heterocycles. The van der Waals surface area contributed by atoms with E-state index in [-0.39, 0.29) is 23.0 Å². The van der Waals surface area contributed by atoms with Gasteiger partial charge in [0.1, 0.15) is 23.0 Å². The number of primary amides is 1. The number of benzene rings is 4. The third-order valence-electron chi connectivity index (χ3n) is 7.40. The molecular formula is C37H32F2N4O6. The van der Waals surface area contributed by atoms with Crippen molar-refractivity contribution in [2.24, 2.45) is 5.73 Å². The molecule has 0 aliphatic heterocycles. The van der Waals surface area contributed by atoms with Crippen LogP contribution >= 0.6 is 0 Å². The average molecular weight is 667 g/mol. The van der Waals surface area contributed by atoms with Crippen LogP contribution in [-0.4, -0.2) is 43.0 Å². The first-order valence-electron chi connectivity index (χ1n) is 14.9. The van der Waals surface area contributed by atoms with Crippen molar-refractivity contribution < 1.29 is 37.3 Å². The predicted molar refractivity (Wildman–Crippen MR) is 181 cm³/mol. The summed E-state index contributed by atoms with van der Waals surface area (Å²) in [6.07, 6.45) is 3.09. The third kappa shape index (κ3) is 7.49. The molecule has 10 nitrogen and oxygen atoms in total. The first-order chi connectivity index (χ1) is 23.5. The van der Waals surface area contributed by atoms with E-state index in [2.05, 4.69) is 15.3 Å². The van der Waals surface area contributed by atoms with E-state index in [0.29, 0.717) is 50.4 Å². The van der Waals surface area contributed by atoms with E-state index in [0.717, 1.165) is 11.1 Å². The molecule has 4 aromatic carbocycles. The van der Waals surface area contributed by atoms with Crippen LogP contribution in [0.25, 0.3) is 21.8 Å². The summed E-state index contributed by atoms with van der Waals surface area (Å²) in [6, 6.07) is 19.0. The number of nitrogens with one attached hydrogen (secondary N) is 1. The zero-order chi connectivity index (χ0) is 35.2. The highest BCUT2D eigenvalue weighted by Crippen LogP contribution is 2.35. The van der Waals surface area contributed by atoms with Crippen LogP contribution in [-0.2, 0) is 0 Å². The number of amides is 2. The Balaban J connectivity index is 0.000000191. The van der Waals surface area contributed by atoms with Crippen LogP contribution in [0.5, 0.6) is 34.5 Å². The molecule has 0 aliphatic rings. The second kappa shape index (κ2) is 14.6. The van der Waals surface area contributed by atoms with Crippen molar-refractivity contribution in [3.8, 4) is 34.5 Å². The largest absolute Gasteiger partial charge is 0.496 e. The zero-order valence-electron chi connectivity index (χ0n) is 27.3. The maximum atomic E-state index is 14.1.